The smallest absolute Gasteiger partial charge is 0.307 e. The molecule has 10 heteroatoms. The molecular weight excluding hydrogens is 478 g/mol. The maximum Gasteiger partial charge on any atom is 0.307 e. The van der Waals surface area contributed by atoms with Gasteiger partial charge < -0.3 is 19.0 Å². The van der Waals surface area contributed by atoms with E-state index in [1.807, 2.05) is 0 Å². The van der Waals surface area contributed by atoms with Gasteiger partial charge in [-0.05, 0) is 49.4 Å². The van der Waals surface area contributed by atoms with Crippen molar-refractivity contribution in [3.63, 3.8) is 0 Å². The highest BCUT2D eigenvalue weighted by Gasteiger charge is 2.25. The standard InChI is InChI=1S/C27H27N3O7/c31-24(13-18(27(33)34)7-10-30-26(32)21-3-1-2-4-23(21)28-29-30)22-16-37-25-14-19(5-6-20(22)25)36-15-17-8-11-35-12-9-17/h1-6,14,16-18H,7-13,15H2,(H,33,34). The Balaban J connectivity index is 1.24. The molecular formula is C27H27N3O7. The number of carboxylic acid groups (broad SMARTS) is 1. The van der Waals surface area contributed by atoms with Gasteiger partial charge in [-0.25, -0.2) is 4.68 Å². The summed E-state index contributed by atoms with van der Waals surface area (Å²) in [5, 5.41) is 18.7. The number of benzene rings is 2. The fourth-order valence-corrected chi connectivity index (χ4v) is 4.54. The average molecular weight is 506 g/mol. The average Bonchev–Trinajstić information content (AvgIpc) is 3.35. The molecule has 1 N–H and O–H groups in total. The van der Waals surface area contributed by atoms with Crippen molar-refractivity contribution >= 4 is 33.6 Å². The molecule has 10 nitrogen and oxygen atoms in total. The number of Topliss-reactive ketones (excluding diaryl/α,β-unsaturated/α-hetero) is 1. The van der Waals surface area contributed by atoms with Crippen molar-refractivity contribution in [2.45, 2.75) is 32.2 Å². The first-order chi connectivity index (χ1) is 18.0. The molecule has 2 aromatic carbocycles. The number of hydrogen-bond donors (Lipinski definition) is 1. The number of rotatable bonds is 10. The van der Waals surface area contributed by atoms with Crippen LogP contribution in [0.2, 0.25) is 0 Å². The van der Waals surface area contributed by atoms with Gasteiger partial charge in [0.1, 0.15) is 23.1 Å². The second-order valence-electron chi connectivity index (χ2n) is 9.26. The summed E-state index contributed by atoms with van der Waals surface area (Å²) >= 11 is 0. The Morgan fingerprint density at radius 3 is 2.76 bits per heavy atom. The number of hydrogen-bond acceptors (Lipinski definition) is 8. The van der Waals surface area contributed by atoms with E-state index >= 15 is 0 Å². The van der Waals surface area contributed by atoms with Crippen LogP contribution in [-0.2, 0) is 16.1 Å². The Bertz CT molecular complexity index is 1490. The molecule has 0 amide bonds. The van der Waals surface area contributed by atoms with Crippen molar-refractivity contribution in [1.29, 1.82) is 0 Å². The lowest BCUT2D eigenvalue weighted by atomic mass is 9.95. The molecule has 4 aromatic rings. The van der Waals surface area contributed by atoms with Crippen LogP contribution >= 0.6 is 0 Å². The minimum absolute atomic E-state index is 0.0286. The number of fused-ring (bicyclic) bond motifs is 2. The Labute approximate surface area is 211 Å². The zero-order valence-corrected chi connectivity index (χ0v) is 20.2. The van der Waals surface area contributed by atoms with Crippen LogP contribution in [-0.4, -0.2) is 51.7 Å². The fourth-order valence-electron chi connectivity index (χ4n) is 4.54. The van der Waals surface area contributed by atoms with E-state index in [0.717, 1.165) is 30.7 Å². The van der Waals surface area contributed by atoms with Gasteiger partial charge in [-0.15, -0.1) is 5.10 Å². The van der Waals surface area contributed by atoms with E-state index in [-0.39, 0.29) is 30.7 Å². The third kappa shape index (κ3) is 5.54. The van der Waals surface area contributed by atoms with Gasteiger partial charge in [0.25, 0.3) is 5.56 Å². The van der Waals surface area contributed by atoms with E-state index in [1.165, 1.54) is 6.26 Å². The van der Waals surface area contributed by atoms with Gasteiger partial charge in [0.15, 0.2) is 5.78 Å². The van der Waals surface area contributed by atoms with Crippen molar-refractivity contribution in [3.05, 3.63) is 64.6 Å². The van der Waals surface area contributed by atoms with E-state index in [9.17, 15) is 19.5 Å². The second kappa shape index (κ2) is 10.9. The molecule has 192 valence electrons. The van der Waals surface area contributed by atoms with Gasteiger partial charge in [-0.3, -0.25) is 14.4 Å². The Kier molecular flexibility index (Phi) is 7.27. The topological polar surface area (TPSA) is 134 Å². The highest BCUT2D eigenvalue weighted by molar-refractivity contribution is 6.08. The van der Waals surface area contributed by atoms with Gasteiger partial charge >= 0.3 is 5.97 Å². The van der Waals surface area contributed by atoms with Crippen LogP contribution in [0.5, 0.6) is 5.75 Å². The molecule has 1 unspecified atom stereocenters. The summed E-state index contributed by atoms with van der Waals surface area (Å²) in [6, 6.07) is 12.1. The van der Waals surface area contributed by atoms with Gasteiger partial charge in [0, 0.05) is 37.6 Å². The second-order valence-corrected chi connectivity index (χ2v) is 9.26. The summed E-state index contributed by atoms with van der Waals surface area (Å²) in [4.78, 5) is 37.6. The maximum atomic E-state index is 13.0. The molecule has 0 aliphatic carbocycles. The zero-order valence-electron chi connectivity index (χ0n) is 20.2. The number of aromatic nitrogens is 3. The van der Waals surface area contributed by atoms with Gasteiger partial charge in [0.2, 0.25) is 0 Å². The van der Waals surface area contributed by atoms with Crippen LogP contribution in [0.4, 0.5) is 0 Å². The Morgan fingerprint density at radius 1 is 1.14 bits per heavy atom. The molecule has 3 heterocycles. The third-order valence-electron chi connectivity index (χ3n) is 6.77. The zero-order chi connectivity index (χ0) is 25.8. The number of ketones is 1. The highest BCUT2D eigenvalue weighted by atomic mass is 16.5. The number of aliphatic carboxylic acids is 1. The first kappa shape index (κ1) is 24.6. The summed E-state index contributed by atoms with van der Waals surface area (Å²) in [5.74, 6) is -1.37. The maximum absolute atomic E-state index is 13.0. The summed E-state index contributed by atoms with van der Waals surface area (Å²) in [6.07, 6.45) is 3.10. The molecule has 37 heavy (non-hydrogen) atoms. The number of aryl methyl sites for hydroxylation is 1. The number of nitrogens with zero attached hydrogens (tertiary/aromatic N) is 3. The van der Waals surface area contributed by atoms with Crippen molar-refractivity contribution < 1.29 is 28.6 Å². The lowest BCUT2D eigenvalue weighted by molar-refractivity contribution is -0.142. The predicted molar refractivity (Wildman–Crippen MR) is 134 cm³/mol. The Morgan fingerprint density at radius 2 is 1.95 bits per heavy atom. The first-order valence-electron chi connectivity index (χ1n) is 12.3. The Hall–Kier alpha value is -4.05. The van der Waals surface area contributed by atoms with E-state index < -0.39 is 11.9 Å². The largest absolute Gasteiger partial charge is 0.493 e. The van der Waals surface area contributed by atoms with Crippen molar-refractivity contribution in [2.75, 3.05) is 19.8 Å². The lowest BCUT2D eigenvalue weighted by Gasteiger charge is -2.22. The lowest BCUT2D eigenvalue weighted by Crippen LogP contribution is -2.27. The minimum Gasteiger partial charge on any atom is -0.493 e. The molecule has 2 aromatic heterocycles. The molecule has 1 fully saturated rings. The van der Waals surface area contributed by atoms with E-state index in [2.05, 4.69) is 10.3 Å². The summed E-state index contributed by atoms with van der Waals surface area (Å²) in [7, 11) is 0. The van der Waals surface area contributed by atoms with Gasteiger partial charge in [-0.2, -0.15) is 0 Å². The molecule has 1 atom stereocenters. The number of carboxylic acids is 1. The molecule has 1 aliphatic rings. The molecule has 0 bridgehead atoms. The molecule has 5 rings (SSSR count). The van der Waals surface area contributed by atoms with Crippen LogP contribution in [0, 0.1) is 11.8 Å². The predicted octanol–water partition coefficient (Wildman–Crippen LogP) is 3.71. The van der Waals surface area contributed by atoms with Gasteiger partial charge in [0.05, 0.1) is 23.5 Å². The van der Waals surface area contributed by atoms with Crippen LogP contribution < -0.4 is 10.3 Å². The molecule has 0 saturated carbocycles. The number of carbonyl (C=O) groups excluding carboxylic acids is 1. The SMILES string of the molecule is O=C(CC(CCn1nnc2ccccc2c1=O)C(=O)O)c1coc2cc(OCC3CCOCC3)ccc12. The third-order valence-corrected chi connectivity index (χ3v) is 6.77. The van der Waals surface area contributed by atoms with Crippen molar-refractivity contribution in [2.24, 2.45) is 11.8 Å². The van der Waals surface area contributed by atoms with Crippen molar-refractivity contribution in [1.82, 2.24) is 15.0 Å². The molecule has 0 spiro atoms. The normalized spacial score (nSPS) is 15.1. The molecule has 1 aliphatic heterocycles. The molecule has 1 saturated heterocycles. The summed E-state index contributed by atoms with van der Waals surface area (Å²) in [5.41, 5.74) is 0.937. The minimum atomic E-state index is -1.12. The van der Waals surface area contributed by atoms with E-state index in [0.29, 0.717) is 45.7 Å². The molecule has 0 radical (unpaired) electrons. The highest BCUT2D eigenvalue weighted by Crippen LogP contribution is 2.28. The van der Waals surface area contributed by atoms with Crippen molar-refractivity contribution in [3.8, 4) is 5.75 Å². The van der Waals surface area contributed by atoms with E-state index in [1.54, 1.807) is 42.5 Å². The quantitative estimate of drug-likeness (QED) is 0.320. The number of carbonyl (C=O) groups is 2. The van der Waals surface area contributed by atoms with Crippen LogP contribution in [0.3, 0.4) is 0 Å². The first-order valence-corrected chi connectivity index (χ1v) is 12.3. The van der Waals surface area contributed by atoms with Crippen LogP contribution in [0.25, 0.3) is 21.9 Å². The van der Waals surface area contributed by atoms with Gasteiger partial charge in [-0.1, -0.05) is 17.3 Å². The summed E-state index contributed by atoms with van der Waals surface area (Å²) < 4.78 is 18.0. The summed E-state index contributed by atoms with van der Waals surface area (Å²) in [6.45, 7) is 2.12. The monoisotopic (exact) mass is 505 g/mol. The van der Waals surface area contributed by atoms with E-state index in [4.69, 9.17) is 13.9 Å². The number of ether oxygens (including phenoxy) is 2. The fraction of sp³-hybridized carbons (Fsp3) is 0.370. The van der Waals surface area contributed by atoms with Crippen LogP contribution in [0.15, 0.2) is 57.9 Å². The van der Waals surface area contributed by atoms with Crippen LogP contribution in [0.1, 0.15) is 36.0 Å². The number of furan rings is 1.